The van der Waals surface area contributed by atoms with Gasteiger partial charge in [0.1, 0.15) is 23.9 Å². The van der Waals surface area contributed by atoms with E-state index in [0.717, 1.165) is 0 Å². The maximum Gasteiger partial charge on any atom is 0.254 e. The fourth-order valence-electron chi connectivity index (χ4n) is 2.57. The van der Waals surface area contributed by atoms with E-state index in [0.29, 0.717) is 28.4 Å². The number of benzene rings is 2. The van der Waals surface area contributed by atoms with Crippen LogP contribution in [0.3, 0.4) is 0 Å². The summed E-state index contributed by atoms with van der Waals surface area (Å²) < 4.78 is 24.5. The van der Waals surface area contributed by atoms with E-state index in [9.17, 15) is 14.0 Å². The van der Waals surface area contributed by atoms with Crippen molar-refractivity contribution in [2.24, 2.45) is 0 Å². The topological polar surface area (TPSA) is 82.5 Å². The number of amides is 1. The molecule has 0 fully saturated rings. The van der Waals surface area contributed by atoms with Crippen LogP contribution in [0, 0.1) is 5.82 Å². The lowest BCUT2D eigenvalue weighted by Gasteiger charge is -2.12. The predicted molar refractivity (Wildman–Crippen MR) is 102 cm³/mol. The Morgan fingerprint density at radius 3 is 2.50 bits per heavy atom. The summed E-state index contributed by atoms with van der Waals surface area (Å²) in [5.74, 6) is 0.237. The number of hydrogen-bond acceptors (Lipinski definition) is 5. The molecule has 3 rings (SSSR count). The zero-order valence-corrected chi connectivity index (χ0v) is 15.3. The molecule has 1 N–H and O–H groups in total. The van der Waals surface area contributed by atoms with Crippen LogP contribution in [0.25, 0.3) is 11.3 Å². The number of anilines is 1. The number of ether oxygens (including phenoxy) is 2. The molecule has 7 nitrogen and oxygen atoms in total. The van der Waals surface area contributed by atoms with Crippen LogP contribution in [-0.4, -0.2) is 29.7 Å². The highest BCUT2D eigenvalue weighted by molar-refractivity contribution is 5.92. The smallest absolute Gasteiger partial charge is 0.254 e. The molecule has 144 valence electrons. The molecule has 8 heteroatoms. The molecule has 0 bridgehead atoms. The summed E-state index contributed by atoms with van der Waals surface area (Å²) in [5.41, 5.74) is 1.07. The van der Waals surface area contributed by atoms with Gasteiger partial charge in [-0.3, -0.25) is 14.2 Å². The molecule has 0 spiro atoms. The van der Waals surface area contributed by atoms with Crippen molar-refractivity contribution in [3.63, 3.8) is 0 Å². The van der Waals surface area contributed by atoms with Gasteiger partial charge in [-0.15, -0.1) is 0 Å². The van der Waals surface area contributed by atoms with Crippen molar-refractivity contribution >= 4 is 11.6 Å². The number of halogens is 1. The molecule has 0 unspecified atom stereocenters. The number of methoxy groups -OCH3 is 2. The Morgan fingerprint density at radius 1 is 1.11 bits per heavy atom. The minimum absolute atomic E-state index is 0.218. The normalized spacial score (nSPS) is 10.4. The third-order valence-corrected chi connectivity index (χ3v) is 4.02. The van der Waals surface area contributed by atoms with Gasteiger partial charge in [0.25, 0.3) is 5.56 Å². The van der Waals surface area contributed by atoms with Gasteiger partial charge in [0.05, 0.1) is 31.9 Å². The maximum absolute atomic E-state index is 13.0. The van der Waals surface area contributed by atoms with E-state index in [4.69, 9.17) is 9.47 Å². The Hall–Kier alpha value is -3.68. The molecular weight excluding hydrogens is 365 g/mol. The second kappa shape index (κ2) is 8.34. The summed E-state index contributed by atoms with van der Waals surface area (Å²) in [6, 6.07) is 11.9. The van der Waals surface area contributed by atoms with Crippen molar-refractivity contribution in [3.05, 3.63) is 71.0 Å². The first-order chi connectivity index (χ1) is 13.5. The largest absolute Gasteiger partial charge is 0.497 e. The summed E-state index contributed by atoms with van der Waals surface area (Å²) in [4.78, 5) is 28.8. The van der Waals surface area contributed by atoms with Crippen molar-refractivity contribution in [1.82, 2.24) is 9.55 Å². The van der Waals surface area contributed by atoms with Gasteiger partial charge in [0.2, 0.25) is 5.91 Å². The van der Waals surface area contributed by atoms with Crippen LogP contribution in [0.5, 0.6) is 11.5 Å². The van der Waals surface area contributed by atoms with Crippen LogP contribution in [-0.2, 0) is 11.3 Å². The number of hydrogen-bond donors (Lipinski definition) is 1. The van der Waals surface area contributed by atoms with Gasteiger partial charge in [0.15, 0.2) is 0 Å². The third-order valence-electron chi connectivity index (χ3n) is 4.02. The molecule has 28 heavy (non-hydrogen) atoms. The molecule has 2 aromatic carbocycles. The standard InChI is InChI=1S/C20H18FN3O4/c1-27-15-7-8-16(18(9-15)28-2)23-19(25)11-24-12-22-17(10-20(24)26)13-3-5-14(21)6-4-13/h3-10,12H,11H2,1-2H3,(H,23,25). The Morgan fingerprint density at radius 2 is 1.86 bits per heavy atom. The maximum atomic E-state index is 13.0. The number of nitrogens with zero attached hydrogens (tertiary/aromatic N) is 2. The van der Waals surface area contributed by atoms with E-state index in [1.807, 2.05) is 0 Å². The quantitative estimate of drug-likeness (QED) is 0.708. The number of nitrogens with one attached hydrogen (secondary N) is 1. The molecule has 0 aliphatic heterocycles. The van der Waals surface area contributed by atoms with Crippen molar-refractivity contribution in [2.75, 3.05) is 19.5 Å². The van der Waals surface area contributed by atoms with E-state index >= 15 is 0 Å². The minimum atomic E-state index is -0.415. The van der Waals surface area contributed by atoms with Crippen molar-refractivity contribution in [2.45, 2.75) is 6.54 Å². The molecular formula is C20H18FN3O4. The first kappa shape index (κ1) is 19.1. The van der Waals surface area contributed by atoms with Crippen molar-refractivity contribution in [1.29, 1.82) is 0 Å². The van der Waals surface area contributed by atoms with Gasteiger partial charge in [-0.2, -0.15) is 0 Å². The Kier molecular flexibility index (Phi) is 5.69. The van der Waals surface area contributed by atoms with E-state index < -0.39 is 11.5 Å². The molecule has 0 atom stereocenters. The van der Waals surface area contributed by atoms with Crippen LogP contribution in [0.4, 0.5) is 10.1 Å². The highest BCUT2D eigenvalue weighted by Crippen LogP contribution is 2.28. The molecule has 1 aromatic heterocycles. The van der Waals surface area contributed by atoms with Crippen LogP contribution in [0.2, 0.25) is 0 Å². The van der Waals surface area contributed by atoms with Crippen LogP contribution < -0.4 is 20.3 Å². The summed E-state index contributed by atoms with van der Waals surface area (Å²) in [6.07, 6.45) is 1.28. The van der Waals surface area contributed by atoms with E-state index in [-0.39, 0.29) is 12.4 Å². The molecule has 1 heterocycles. The van der Waals surface area contributed by atoms with Crippen molar-refractivity contribution < 1.29 is 18.7 Å². The van der Waals surface area contributed by atoms with E-state index in [1.165, 1.54) is 55.4 Å². The average molecular weight is 383 g/mol. The number of carbonyl (C=O) groups is 1. The van der Waals surface area contributed by atoms with Gasteiger partial charge in [0, 0.05) is 17.7 Å². The first-order valence-electron chi connectivity index (χ1n) is 8.34. The van der Waals surface area contributed by atoms with Crippen LogP contribution in [0.15, 0.2) is 59.7 Å². The Balaban J connectivity index is 1.74. The number of aromatic nitrogens is 2. The van der Waals surface area contributed by atoms with Crippen LogP contribution >= 0.6 is 0 Å². The van der Waals surface area contributed by atoms with Gasteiger partial charge in [-0.1, -0.05) is 0 Å². The first-order valence-corrected chi connectivity index (χ1v) is 8.34. The monoisotopic (exact) mass is 383 g/mol. The SMILES string of the molecule is COc1ccc(NC(=O)Cn2cnc(-c3ccc(F)cc3)cc2=O)c(OC)c1. The summed E-state index contributed by atoms with van der Waals surface area (Å²) in [6.45, 7) is -0.218. The second-order valence-corrected chi connectivity index (χ2v) is 5.86. The fraction of sp³-hybridized carbons (Fsp3) is 0.150. The average Bonchev–Trinajstić information content (AvgIpc) is 2.70. The highest BCUT2D eigenvalue weighted by atomic mass is 19.1. The second-order valence-electron chi connectivity index (χ2n) is 5.86. The molecule has 3 aromatic rings. The molecule has 0 aliphatic carbocycles. The van der Waals surface area contributed by atoms with E-state index in [1.54, 1.807) is 18.2 Å². The zero-order chi connectivity index (χ0) is 20.1. The molecule has 1 amide bonds. The lowest BCUT2D eigenvalue weighted by molar-refractivity contribution is -0.116. The van der Waals surface area contributed by atoms with Gasteiger partial charge in [-0.05, 0) is 36.4 Å². The Labute approximate surface area is 160 Å². The highest BCUT2D eigenvalue weighted by Gasteiger charge is 2.11. The minimum Gasteiger partial charge on any atom is -0.497 e. The fourth-order valence-corrected chi connectivity index (χ4v) is 2.57. The lowest BCUT2D eigenvalue weighted by Crippen LogP contribution is -2.27. The molecule has 0 saturated carbocycles. The summed E-state index contributed by atoms with van der Waals surface area (Å²) >= 11 is 0. The molecule has 0 radical (unpaired) electrons. The lowest BCUT2D eigenvalue weighted by atomic mass is 10.1. The van der Waals surface area contributed by atoms with E-state index in [2.05, 4.69) is 10.3 Å². The predicted octanol–water partition coefficient (Wildman–Crippen LogP) is 2.71. The van der Waals surface area contributed by atoms with Crippen LogP contribution in [0.1, 0.15) is 0 Å². The molecule has 0 aliphatic rings. The summed E-state index contributed by atoms with van der Waals surface area (Å²) in [5, 5.41) is 2.69. The molecule has 0 saturated heterocycles. The zero-order valence-electron chi connectivity index (χ0n) is 15.3. The third kappa shape index (κ3) is 4.35. The number of rotatable bonds is 6. The van der Waals surface area contributed by atoms with Crippen molar-refractivity contribution in [3.8, 4) is 22.8 Å². The van der Waals surface area contributed by atoms with Gasteiger partial charge < -0.3 is 14.8 Å². The van der Waals surface area contributed by atoms with Gasteiger partial charge >= 0.3 is 0 Å². The van der Waals surface area contributed by atoms with Gasteiger partial charge in [-0.25, -0.2) is 9.37 Å². The summed E-state index contributed by atoms with van der Waals surface area (Å²) in [7, 11) is 3.01. The Bertz CT molecular complexity index is 1050. The number of carbonyl (C=O) groups excluding carboxylic acids is 1.